The van der Waals surface area contributed by atoms with E-state index in [1.165, 1.54) is 23.4 Å². The zero-order valence-electron chi connectivity index (χ0n) is 10.3. The van der Waals surface area contributed by atoms with Gasteiger partial charge in [0.15, 0.2) is 0 Å². The van der Waals surface area contributed by atoms with Gasteiger partial charge in [-0.3, -0.25) is 9.78 Å². The lowest BCUT2D eigenvalue weighted by Gasteiger charge is -2.12. The molecule has 0 unspecified atom stereocenters. The molecule has 3 amide bonds. The molecular formula is C11H16N4O3. The lowest BCUT2D eigenvalue weighted by Crippen LogP contribution is -2.39. The maximum atomic E-state index is 11.6. The second-order valence-electron chi connectivity index (χ2n) is 3.78. The third-order valence-corrected chi connectivity index (χ3v) is 2.14. The molecule has 0 bridgehead atoms. The predicted molar refractivity (Wildman–Crippen MR) is 65.3 cm³/mol. The highest BCUT2D eigenvalue weighted by Crippen LogP contribution is 2.12. The van der Waals surface area contributed by atoms with Crippen LogP contribution in [0, 0.1) is 0 Å². The minimum atomic E-state index is -0.408. The zero-order chi connectivity index (χ0) is 13.5. The van der Waals surface area contributed by atoms with Crippen LogP contribution < -0.4 is 10.6 Å². The Morgan fingerprint density at radius 2 is 2.00 bits per heavy atom. The second-order valence-corrected chi connectivity index (χ2v) is 3.78. The van der Waals surface area contributed by atoms with Gasteiger partial charge >= 0.3 is 6.03 Å². The molecular weight excluding hydrogens is 236 g/mol. The van der Waals surface area contributed by atoms with Crippen molar-refractivity contribution in [1.29, 1.82) is 0 Å². The molecule has 0 fully saturated rings. The largest absolute Gasteiger partial charge is 0.505 e. The van der Waals surface area contributed by atoms with Crippen LogP contribution in [0.1, 0.15) is 10.4 Å². The fraction of sp³-hybridized carbons (Fsp3) is 0.364. The van der Waals surface area contributed by atoms with Crippen molar-refractivity contribution in [2.75, 3.05) is 27.2 Å². The molecule has 1 heterocycles. The summed E-state index contributed by atoms with van der Waals surface area (Å²) in [5.41, 5.74) is 0.156. The molecule has 0 spiro atoms. The van der Waals surface area contributed by atoms with Crippen molar-refractivity contribution in [3.63, 3.8) is 0 Å². The molecule has 1 aromatic heterocycles. The maximum Gasteiger partial charge on any atom is 0.316 e. The normalized spacial score (nSPS) is 9.67. The number of nitrogens with zero attached hydrogens (tertiary/aromatic N) is 2. The first-order valence-corrected chi connectivity index (χ1v) is 5.38. The number of hydrogen-bond acceptors (Lipinski definition) is 4. The lowest BCUT2D eigenvalue weighted by atomic mass is 10.2. The van der Waals surface area contributed by atoms with Gasteiger partial charge in [0, 0.05) is 33.4 Å². The summed E-state index contributed by atoms with van der Waals surface area (Å²) in [5.74, 6) is -0.582. The molecule has 0 saturated heterocycles. The van der Waals surface area contributed by atoms with Crippen LogP contribution in [0.25, 0.3) is 0 Å². The van der Waals surface area contributed by atoms with Crippen LogP contribution in [0.5, 0.6) is 5.75 Å². The SMILES string of the molecule is CN(C)C(=O)NCCNC(=O)c1ccncc1O. The van der Waals surface area contributed by atoms with Gasteiger partial charge in [-0.2, -0.15) is 0 Å². The van der Waals surface area contributed by atoms with E-state index < -0.39 is 5.91 Å². The monoisotopic (exact) mass is 252 g/mol. The van der Waals surface area contributed by atoms with Gasteiger partial charge in [0.1, 0.15) is 5.75 Å². The summed E-state index contributed by atoms with van der Waals surface area (Å²) in [5, 5.41) is 14.6. The fourth-order valence-electron chi connectivity index (χ4n) is 1.18. The van der Waals surface area contributed by atoms with Gasteiger partial charge in [-0.05, 0) is 6.07 Å². The number of amides is 3. The highest BCUT2D eigenvalue weighted by atomic mass is 16.3. The van der Waals surface area contributed by atoms with Crippen LogP contribution in [0.2, 0.25) is 0 Å². The van der Waals surface area contributed by atoms with E-state index in [9.17, 15) is 14.7 Å². The summed E-state index contributed by atoms with van der Waals surface area (Å²) in [7, 11) is 3.26. The molecule has 98 valence electrons. The van der Waals surface area contributed by atoms with E-state index in [2.05, 4.69) is 15.6 Å². The standard InChI is InChI=1S/C11H16N4O3/c1-15(2)11(18)14-6-5-13-10(17)8-3-4-12-7-9(8)16/h3-4,7,16H,5-6H2,1-2H3,(H,13,17)(H,14,18). The minimum absolute atomic E-state index is 0.156. The van der Waals surface area contributed by atoms with E-state index in [0.717, 1.165) is 0 Å². The molecule has 7 nitrogen and oxygen atoms in total. The third kappa shape index (κ3) is 3.93. The van der Waals surface area contributed by atoms with Gasteiger partial charge in [-0.1, -0.05) is 0 Å². The Morgan fingerprint density at radius 3 is 2.61 bits per heavy atom. The molecule has 0 aliphatic carbocycles. The van der Waals surface area contributed by atoms with Gasteiger partial charge in [-0.25, -0.2) is 4.79 Å². The van der Waals surface area contributed by atoms with Crippen molar-refractivity contribution in [3.05, 3.63) is 24.0 Å². The number of nitrogens with one attached hydrogen (secondary N) is 2. The van der Waals surface area contributed by atoms with Gasteiger partial charge in [0.2, 0.25) is 0 Å². The number of urea groups is 1. The Hall–Kier alpha value is -2.31. The zero-order valence-corrected chi connectivity index (χ0v) is 10.3. The van der Waals surface area contributed by atoms with Crippen molar-refractivity contribution >= 4 is 11.9 Å². The summed E-state index contributed by atoms with van der Waals surface area (Å²) in [4.78, 5) is 27.9. The maximum absolute atomic E-state index is 11.6. The molecule has 0 aliphatic heterocycles. The van der Waals surface area contributed by atoms with Crippen LogP contribution in [-0.2, 0) is 0 Å². The van der Waals surface area contributed by atoms with Gasteiger partial charge in [-0.15, -0.1) is 0 Å². The molecule has 18 heavy (non-hydrogen) atoms. The lowest BCUT2D eigenvalue weighted by molar-refractivity contribution is 0.0951. The first-order chi connectivity index (χ1) is 8.52. The summed E-state index contributed by atoms with van der Waals surface area (Å²) in [6.45, 7) is 0.592. The summed E-state index contributed by atoms with van der Waals surface area (Å²) in [6, 6.07) is 1.19. The molecule has 0 atom stereocenters. The van der Waals surface area contributed by atoms with Crippen molar-refractivity contribution in [2.45, 2.75) is 0 Å². The number of carbonyl (C=O) groups excluding carboxylic acids is 2. The van der Waals surface area contributed by atoms with E-state index in [1.807, 2.05) is 0 Å². The Bertz CT molecular complexity index is 434. The average Bonchev–Trinajstić information content (AvgIpc) is 2.34. The third-order valence-electron chi connectivity index (χ3n) is 2.14. The number of hydrogen-bond donors (Lipinski definition) is 3. The number of carbonyl (C=O) groups is 2. The topological polar surface area (TPSA) is 94.6 Å². The van der Waals surface area contributed by atoms with Gasteiger partial charge in [0.25, 0.3) is 5.91 Å². The molecule has 0 radical (unpaired) electrons. The molecule has 1 aromatic rings. The smallest absolute Gasteiger partial charge is 0.316 e. The van der Waals surface area contributed by atoms with Gasteiger partial charge < -0.3 is 20.6 Å². The predicted octanol–water partition coefficient (Wildman–Crippen LogP) is -0.212. The molecule has 7 heteroatoms. The fourth-order valence-corrected chi connectivity index (χ4v) is 1.18. The van der Waals surface area contributed by atoms with E-state index in [-0.39, 0.29) is 23.9 Å². The van der Waals surface area contributed by atoms with E-state index in [4.69, 9.17) is 0 Å². The highest BCUT2D eigenvalue weighted by Gasteiger charge is 2.09. The first kappa shape index (κ1) is 13.8. The summed E-state index contributed by atoms with van der Waals surface area (Å²) < 4.78 is 0. The minimum Gasteiger partial charge on any atom is -0.505 e. The molecule has 0 aromatic carbocycles. The van der Waals surface area contributed by atoms with Crippen LogP contribution >= 0.6 is 0 Å². The Balaban J connectivity index is 2.35. The molecule has 1 rings (SSSR count). The number of pyridine rings is 1. The first-order valence-electron chi connectivity index (χ1n) is 5.38. The summed E-state index contributed by atoms with van der Waals surface area (Å²) >= 11 is 0. The van der Waals surface area contributed by atoms with E-state index in [0.29, 0.717) is 6.54 Å². The number of rotatable bonds is 4. The highest BCUT2D eigenvalue weighted by molar-refractivity contribution is 5.96. The molecule has 0 aliphatic rings. The summed E-state index contributed by atoms with van der Waals surface area (Å²) in [6.07, 6.45) is 2.62. The van der Waals surface area contributed by atoms with Crippen molar-refractivity contribution in [1.82, 2.24) is 20.5 Å². The van der Waals surface area contributed by atoms with Crippen molar-refractivity contribution in [3.8, 4) is 5.75 Å². The Morgan fingerprint density at radius 1 is 1.33 bits per heavy atom. The quantitative estimate of drug-likeness (QED) is 0.646. The Kier molecular flexibility index (Phi) is 4.91. The van der Waals surface area contributed by atoms with Crippen LogP contribution in [-0.4, -0.2) is 54.1 Å². The Labute approximate surface area is 105 Å². The van der Waals surface area contributed by atoms with Crippen molar-refractivity contribution in [2.24, 2.45) is 0 Å². The number of aromatic hydroxyl groups is 1. The molecule has 3 N–H and O–H groups in total. The van der Waals surface area contributed by atoms with Crippen LogP contribution in [0.15, 0.2) is 18.5 Å². The van der Waals surface area contributed by atoms with Crippen LogP contribution in [0.3, 0.4) is 0 Å². The number of aromatic nitrogens is 1. The average molecular weight is 252 g/mol. The van der Waals surface area contributed by atoms with Gasteiger partial charge in [0.05, 0.1) is 11.8 Å². The van der Waals surface area contributed by atoms with E-state index >= 15 is 0 Å². The van der Waals surface area contributed by atoms with E-state index in [1.54, 1.807) is 14.1 Å². The molecule has 0 saturated carbocycles. The van der Waals surface area contributed by atoms with Crippen LogP contribution in [0.4, 0.5) is 4.79 Å². The second kappa shape index (κ2) is 6.43. The van der Waals surface area contributed by atoms with Crippen molar-refractivity contribution < 1.29 is 14.7 Å².